The van der Waals surface area contributed by atoms with E-state index in [0.717, 1.165) is 0 Å². The van der Waals surface area contributed by atoms with Crippen LogP contribution in [0.25, 0.3) is 0 Å². The summed E-state index contributed by atoms with van der Waals surface area (Å²) >= 11 is 3.06. The molecule has 1 N–H and O–H groups in total. The van der Waals surface area contributed by atoms with Gasteiger partial charge in [0.1, 0.15) is 5.82 Å². The Morgan fingerprint density at radius 1 is 1.25 bits per heavy atom. The largest absolute Gasteiger partial charge is 0.391 e. The zero-order chi connectivity index (χ0) is 15.0. The van der Waals surface area contributed by atoms with Crippen LogP contribution in [0.3, 0.4) is 0 Å². The van der Waals surface area contributed by atoms with Gasteiger partial charge in [0.15, 0.2) is 0 Å². The van der Waals surface area contributed by atoms with Crippen LogP contribution in [0.5, 0.6) is 0 Å². The molecule has 112 valence electrons. The van der Waals surface area contributed by atoms with Gasteiger partial charge in [-0.15, -0.1) is 0 Å². The molecule has 0 bridgehead atoms. The Bertz CT molecular complexity index is 479. The lowest BCUT2D eigenvalue weighted by molar-refractivity contribution is -0.192. The highest BCUT2D eigenvalue weighted by Crippen LogP contribution is 2.42. The summed E-state index contributed by atoms with van der Waals surface area (Å²) < 4.78 is 51.2. The predicted octanol–water partition coefficient (Wildman–Crippen LogP) is 4.61. The zero-order valence-corrected chi connectivity index (χ0v) is 12.3. The molecule has 2 rings (SSSR count). The summed E-state index contributed by atoms with van der Waals surface area (Å²) in [6, 6.07) is 4.39. The van der Waals surface area contributed by atoms with Crippen LogP contribution in [-0.2, 0) is 6.42 Å². The Hall–Kier alpha value is -0.620. The Morgan fingerprint density at radius 3 is 2.35 bits per heavy atom. The standard InChI is InChI=1S/C14H15BrF4O/c15-11-7-9(1-2-12(11)16)8-13(20)5-3-10(4-6-13)14(17,18)19/h1-2,7,10,20H,3-6,8H2. The second kappa shape index (κ2) is 5.64. The van der Waals surface area contributed by atoms with Crippen LogP contribution in [0, 0.1) is 11.7 Å². The Labute approximate surface area is 123 Å². The van der Waals surface area contributed by atoms with Gasteiger partial charge in [0, 0.05) is 6.42 Å². The van der Waals surface area contributed by atoms with E-state index in [2.05, 4.69) is 15.9 Å². The molecule has 1 aromatic carbocycles. The summed E-state index contributed by atoms with van der Waals surface area (Å²) in [6.07, 6.45) is -3.81. The second-order valence-corrected chi connectivity index (χ2v) is 6.32. The Morgan fingerprint density at radius 2 is 1.85 bits per heavy atom. The topological polar surface area (TPSA) is 20.2 Å². The van der Waals surface area contributed by atoms with Gasteiger partial charge < -0.3 is 5.11 Å². The van der Waals surface area contributed by atoms with E-state index < -0.39 is 23.5 Å². The van der Waals surface area contributed by atoms with Crippen molar-refractivity contribution in [3.05, 3.63) is 34.1 Å². The van der Waals surface area contributed by atoms with Gasteiger partial charge in [0.05, 0.1) is 16.0 Å². The summed E-state index contributed by atoms with van der Waals surface area (Å²) in [5.41, 5.74) is -0.412. The third kappa shape index (κ3) is 3.73. The molecule has 1 aliphatic carbocycles. The van der Waals surface area contributed by atoms with Crippen molar-refractivity contribution < 1.29 is 22.7 Å². The van der Waals surface area contributed by atoms with Crippen molar-refractivity contribution in [2.75, 3.05) is 0 Å². The van der Waals surface area contributed by atoms with Gasteiger partial charge >= 0.3 is 6.18 Å². The van der Waals surface area contributed by atoms with Gasteiger partial charge in [-0.2, -0.15) is 13.2 Å². The molecule has 0 unspecified atom stereocenters. The molecule has 0 atom stereocenters. The van der Waals surface area contributed by atoms with E-state index in [1.165, 1.54) is 6.07 Å². The van der Waals surface area contributed by atoms with Crippen LogP contribution in [0.15, 0.2) is 22.7 Å². The van der Waals surface area contributed by atoms with Gasteiger partial charge in [-0.3, -0.25) is 0 Å². The summed E-state index contributed by atoms with van der Waals surface area (Å²) in [5.74, 6) is -1.72. The molecule has 0 aromatic heterocycles. The lowest BCUT2D eigenvalue weighted by Crippen LogP contribution is -2.39. The molecule has 0 heterocycles. The number of benzene rings is 1. The lowest BCUT2D eigenvalue weighted by Gasteiger charge is -2.36. The summed E-state index contributed by atoms with van der Waals surface area (Å²) in [4.78, 5) is 0. The number of alkyl halides is 3. The van der Waals surface area contributed by atoms with Crippen molar-refractivity contribution in [1.29, 1.82) is 0 Å². The summed E-state index contributed by atoms with van der Waals surface area (Å²) in [6.45, 7) is 0. The SMILES string of the molecule is OC1(Cc2ccc(F)c(Br)c2)CCC(C(F)(F)F)CC1. The first-order valence-corrected chi connectivity index (χ1v) is 7.22. The van der Waals surface area contributed by atoms with Gasteiger partial charge in [0.25, 0.3) is 0 Å². The van der Waals surface area contributed by atoms with E-state index in [9.17, 15) is 22.7 Å². The summed E-state index contributed by atoms with van der Waals surface area (Å²) in [7, 11) is 0. The fourth-order valence-corrected chi connectivity index (χ4v) is 3.12. The van der Waals surface area contributed by atoms with Crippen molar-refractivity contribution in [3.8, 4) is 0 Å². The molecule has 0 amide bonds. The average molecular weight is 355 g/mol. The molecule has 0 radical (unpaired) electrons. The molecule has 1 aliphatic rings. The minimum Gasteiger partial charge on any atom is -0.390 e. The van der Waals surface area contributed by atoms with Crippen LogP contribution in [0.2, 0.25) is 0 Å². The fraction of sp³-hybridized carbons (Fsp3) is 0.571. The van der Waals surface area contributed by atoms with Gasteiger partial charge in [-0.05, 0) is 59.3 Å². The number of hydrogen-bond acceptors (Lipinski definition) is 1. The zero-order valence-electron chi connectivity index (χ0n) is 10.7. The van der Waals surface area contributed by atoms with Gasteiger partial charge in [-0.25, -0.2) is 4.39 Å². The van der Waals surface area contributed by atoms with Crippen LogP contribution in [-0.4, -0.2) is 16.9 Å². The highest BCUT2D eigenvalue weighted by atomic mass is 79.9. The van der Waals surface area contributed by atoms with E-state index in [0.29, 0.717) is 10.0 Å². The molecule has 1 aromatic rings. The van der Waals surface area contributed by atoms with E-state index >= 15 is 0 Å². The molecule has 0 saturated heterocycles. The van der Waals surface area contributed by atoms with Crippen LogP contribution >= 0.6 is 15.9 Å². The van der Waals surface area contributed by atoms with E-state index in [-0.39, 0.29) is 32.1 Å². The van der Waals surface area contributed by atoms with Crippen LogP contribution < -0.4 is 0 Å². The average Bonchev–Trinajstić information content (AvgIpc) is 2.33. The molecule has 6 heteroatoms. The predicted molar refractivity (Wildman–Crippen MR) is 70.8 cm³/mol. The van der Waals surface area contributed by atoms with Crippen molar-refractivity contribution in [1.82, 2.24) is 0 Å². The minimum absolute atomic E-state index is 0.0532. The Balaban J connectivity index is 2.01. The molecule has 1 fully saturated rings. The minimum atomic E-state index is -4.18. The molecular formula is C14H15BrF4O. The van der Waals surface area contributed by atoms with Crippen LogP contribution in [0.1, 0.15) is 31.2 Å². The lowest BCUT2D eigenvalue weighted by atomic mass is 9.75. The van der Waals surface area contributed by atoms with Crippen LogP contribution in [0.4, 0.5) is 17.6 Å². The highest BCUT2D eigenvalue weighted by Gasteiger charge is 2.45. The first kappa shape index (κ1) is 15.8. The molecular weight excluding hydrogens is 340 g/mol. The number of hydrogen-bond donors (Lipinski definition) is 1. The maximum absolute atomic E-state index is 13.1. The fourth-order valence-electron chi connectivity index (χ4n) is 2.69. The number of aliphatic hydroxyl groups is 1. The van der Waals surface area contributed by atoms with Gasteiger partial charge in [-0.1, -0.05) is 6.07 Å². The maximum atomic E-state index is 13.1. The first-order chi connectivity index (χ1) is 9.20. The highest BCUT2D eigenvalue weighted by molar-refractivity contribution is 9.10. The van der Waals surface area contributed by atoms with E-state index in [4.69, 9.17) is 0 Å². The molecule has 1 saturated carbocycles. The number of rotatable bonds is 2. The summed E-state index contributed by atoms with van der Waals surface area (Å²) in [5, 5.41) is 10.4. The van der Waals surface area contributed by atoms with Crippen molar-refractivity contribution in [2.45, 2.75) is 43.9 Å². The van der Waals surface area contributed by atoms with E-state index in [1.807, 2.05) is 0 Å². The molecule has 20 heavy (non-hydrogen) atoms. The van der Waals surface area contributed by atoms with Crippen molar-refractivity contribution >= 4 is 15.9 Å². The number of halogens is 5. The monoisotopic (exact) mass is 354 g/mol. The second-order valence-electron chi connectivity index (χ2n) is 5.47. The van der Waals surface area contributed by atoms with Gasteiger partial charge in [0.2, 0.25) is 0 Å². The Kier molecular flexibility index (Phi) is 4.44. The molecule has 0 aliphatic heterocycles. The third-order valence-corrected chi connectivity index (χ3v) is 4.50. The van der Waals surface area contributed by atoms with Crippen molar-refractivity contribution in [3.63, 3.8) is 0 Å². The maximum Gasteiger partial charge on any atom is 0.391 e. The first-order valence-electron chi connectivity index (χ1n) is 6.43. The normalized spacial score (nSPS) is 27.6. The molecule has 1 nitrogen and oxygen atoms in total. The van der Waals surface area contributed by atoms with Crippen molar-refractivity contribution in [2.24, 2.45) is 5.92 Å². The molecule has 0 spiro atoms. The quantitative estimate of drug-likeness (QED) is 0.768. The third-order valence-electron chi connectivity index (χ3n) is 3.90. The smallest absolute Gasteiger partial charge is 0.390 e. The van der Waals surface area contributed by atoms with E-state index in [1.54, 1.807) is 12.1 Å².